The highest BCUT2D eigenvalue weighted by Crippen LogP contribution is 2.43. The zero-order chi connectivity index (χ0) is 20.8. The van der Waals surface area contributed by atoms with Gasteiger partial charge < -0.3 is 9.47 Å². The fourth-order valence-corrected chi connectivity index (χ4v) is 5.20. The van der Waals surface area contributed by atoms with E-state index in [2.05, 4.69) is 84.1 Å². The zero-order valence-corrected chi connectivity index (χ0v) is 19.2. The molecule has 0 spiro atoms. The van der Waals surface area contributed by atoms with Crippen LogP contribution in [0.1, 0.15) is 5.56 Å². The lowest BCUT2D eigenvalue weighted by Gasteiger charge is -2.17. The maximum atomic E-state index is 5.60. The molecule has 0 radical (unpaired) electrons. The molecular weight excluding hydrogens is 485 g/mol. The maximum Gasteiger partial charge on any atom is 0.161 e. The summed E-state index contributed by atoms with van der Waals surface area (Å²) in [7, 11) is 3.33. The Bertz CT molecular complexity index is 1430. The van der Waals surface area contributed by atoms with E-state index in [1.165, 1.54) is 27.5 Å². The minimum Gasteiger partial charge on any atom is -0.493 e. The lowest BCUT2D eigenvalue weighted by atomic mass is 9.92. The van der Waals surface area contributed by atoms with Crippen LogP contribution in [0, 0.1) is 10.5 Å². The Balaban J connectivity index is 2.02. The van der Waals surface area contributed by atoms with Crippen LogP contribution in [0.25, 0.3) is 43.6 Å². The Kier molecular flexibility index (Phi) is 4.74. The average molecular weight is 505 g/mol. The van der Waals surface area contributed by atoms with Gasteiger partial charge in [-0.15, -0.1) is 0 Å². The minimum absolute atomic E-state index is 0.710. The summed E-state index contributed by atoms with van der Waals surface area (Å²) in [6.07, 6.45) is 1.93. The number of aryl methyl sites for hydroxylation is 1. The van der Waals surface area contributed by atoms with E-state index in [-0.39, 0.29) is 0 Å². The largest absolute Gasteiger partial charge is 0.493 e. The molecule has 1 aromatic heterocycles. The molecule has 0 saturated heterocycles. The van der Waals surface area contributed by atoms with Gasteiger partial charge in [0, 0.05) is 26.1 Å². The van der Waals surface area contributed by atoms with E-state index >= 15 is 0 Å². The first-order valence-electron chi connectivity index (χ1n) is 9.74. The van der Waals surface area contributed by atoms with Crippen molar-refractivity contribution in [3.63, 3.8) is 0 Å². The fraction of sp³-hybridized carbons (Fsp3) is 0.115. The van der Waals surface area contributed by atoms with E-state index in [1.807, 2.05) is 12.3 Å². The summed E-state index contributed by atoms with van der Waals surface area (Å²) in [5, 5.41) is 5.73. The lowest BCUT2D eigenvalue weighted by Crippen LogP contribution is -1.95. The van der Waals surface area contributed by atoms with Crippen LogP contribution < -0.4 is 9.47 Å². The SMILES string of the molecule is COc1cc2cnc3c(I)c(-c4ccccc4)c4cc(C)ccc4c3c2cc1OC. The molecule has 0 atom stereocenters. The first kappa shape index (κ1) is 19.1. The van der Waals surface area contributed by atoms with E-state index in [0.717, 1.165) is 31.0 Å². The first-order valence-corrected chi connectivity index (χ1v) is 10.8. The number of pyridine rings is 1. The van der Waals surface area contributed by atoms with Crippen LogP contribution in [-0.4, -0.2) is 19.2 Å². The van der Waals surface area contributed by atoms with Crippen LogP contribution in [0.5, 0.6) is 11.5 Å². The molecule has 0 bridgehead atoms. The molecule has 5 rings (SSSR count). The molecule has 30 heavy (non-hydrogen) atoms. The maximum absolute atomic E-state index is 5.60. The number of aromatic nitrogens is 1. The molecule has 0 unspecified atom stereocenters. The number of hydrogen-bond acceptors (Lipinski definition) is 3. The first-order chi connectivity index (χ1) is 14.6. The van der Waals surface area contributed by atoms with Gasteiger partial charge in [-0.3, -0.25) is 4.98 Å². The number of fused-ring (bicyclic) bond motifs is 5. The lowest BCUT2D eigenvalue weighted by molar-refractivity contribution is 0.356. The van der Waals surface area contributed by atoms with Gasteiger partial charge in [-0.05, 0) is 63.4 Å². The van der Waals surface area contributed by atoms with Crippen molar-refractivity contribution in [1.82, 2.24) is 4.98 Å². The van der Waals surface area contributed by atoms with Crippen molar-refractivity contribution in [2.75, 3.05) is 14.2 Å². The Morgan fingerprint density at radius 2 is 1.53 bits per heavy atom. The van der Waals surface area contributed by atoms with Gasteiger partial charge in [-0.2, -0.15) is 0 Å². The van der Waals surface area contributed by atoms with Crippen LogP contribution in [0.2, 0.25) is 0 Å². The summed E-state index contributed by atoms with van der Waals surface area (Å²) in [6.45, 7) is 2.14. The Morgan fingerprint density at radius 1 is 0.800 bits per heavy atom. The second-order valence-electron chi connectivity index (χ2n) is 7.38. The van der Waals surface area contributed by atoms with E-state index < -0.39 is 0 Å². The van der Waals surface area contributed by atoms with Crippen molar-refractivity contribution in [3.8, 4) is 22.6 Å². The zero-order valence-electron chi connectivity index (χ0n) is 17.0. The molecule has 0 aliphatic heterocycles. The molecule has 0 fully saturated rings. The molecule has 4 heteroatoms. The van der Waals surface area contributed by atoms with Gasteiger partial charge in [0.25, 0.3) is 0 Å². The summed E-state index contributed by atoms with van der Waals surface area (Å²) in [5.41, 5.74) is 4.68. The smallest absolute Gasteiger partial charge is 0.161 e. The van der Waals surface area contributed by atoms with Crippen molar-refractivity contribution in [2.45, 2.75) is 6.92 Å². The molecule has 0 amide bonds. The molecule has 148 valence electrons. The van der Waals surface area contributed by atoms with E-state index in [1.54, 1.807) is 14.2 Å². The summed E-state index contributed by atoms with van der Waals surface area (Å²) < 4.78 is 12.3. The molecule has 0 saturated carbocycles. The third-order valence-corrected chi connectivity index (χ3v) is 6.65. The number of benzene rings is 4. The van der Waals surface area contributed by atoms with Gasteiger partial charge in [-0.25, -0.2) is 0 Å². The Hall–Kier alpha value is -2.86. The quantitative estimate of drug-likeness (QED) is 0.193. The second kappa shape index (κ2) is 7.43. The van der Waals surface area contributed by atoms with Crippen LogP contribution in [0.15, 0.2) is 66.9 Å². The number of rotatable bonds is 3. The van der Waals surface area contributed by atoms with Crippen LogP contribution in [-0.2, 0) is 0 Å². The number of ether oxygens (including phenoxy) is 2. The molecule has 0 aliphatic carbocycles. The molecule has 3 nitrogen and oxygen atoms in total. The molecular formula is C26H20INO2. The summed E-state index contributed by atoms with van der Waals surface area (Å²) in [4.78, 5) is 4.89. The third-order valence-electron chi connectivity index (χ3n) is 5.60. The monoisotopic (exact) mass is 505 g/mol. The topological polar surface area (TPSA) is 31.4 Å². The van der Waals surface area contributed by atoms with Gasteiger partial charge in [0.15, 0.2) is 11.5 Å². The number of nitrogens with zero attached hydrogens (tertiary/aromatic N) is 1. The van der Waals surface area contributed by atoms with E-state index in [9.17, 15) is 0 Å². The minimum atomic E-state index is 0.710. The highest BCUT2D eigenvalue weighted by atomic mass is 127. The average Bonchev–Trinajstić information content (AvgIpc) is 2.78. The van der Waals surface area contributed by atoms with Gasteiger partial charge in [0.05, 0.1) is 19.7 Å². The summed E-state index contributed by atoms with van der Waals surface area (Å²) in [6, 6.07) is 21.3. The van der Waals surface area contributed by atoms with Gasteiger partial charge >= 0.3 is 0 Å². The standard InChI is InChI=1S/C26H20INO2/c1-15-9-10-18-20(11-15)23(16-7-5-4-6-8-16)25(27)26-24(18)19-13-22(30-3)21(29-2)12-17(19)14-28-26/h4-14H,1-3H3. The molecule has 1 heterocycles. The van der Waals surface area contributed by atoms with Crippen LogP contribution in [0.4, 0.5) is 0 Å². The van der Waals surface area contributed by atoms with Crippen molar-refractivity contribution in [3.05, 3.63) is 76.0 Å². The predicted octanol–water partition coefficient (Wildman–Crippen LogP) is 7.14. The van der Waals surface area contributed by atoms with E-state index in [0.29, 0.717) is 5.75 Å². The summed E-state index contributed by atoms with van der Waals surface area (Å²) >= 11 is 2.45. The van der Waals surface area contributed by atoms with Crippen LogP contribution >= 0.6 is 22.6 Å². The number of methoxy groups -OCH3 is 2. The molecule has 0 N–H and O–H groups in total. The van der Waals surface area contributed by atoms with Crippen molar-refractivity contribution < 1.29 is 9.47 Å². The number of hydrogen-bond donors (Lipinski definition) is 0. The van der Waals surface area contributed by atoms with Gasteiger partial charge in [-0.1, -0.05) is 54.1 Å². The van der Waals surface area contributed by atoms with Crippen molar-refractivity contribution >= 4 is 55.0 Å². The van der Waals surface area contributed by atoms with Gasteiger partial charge in [0.2, 0.25) is 0 Å². The molecule has 5 aromatic rings. The highest BCUT2D eigenvalue weighted by Gasteiger charge is 2.18. The Morgan fingerprint density at radius 3 is 2.27 bits per heavy atom. The third kappa shape index (κ3) is 2.89. The molecule has 4 aromatic carbocycles. The van der Waals surface area contributed by atoms with Gasteiger partial charge in [0.1, 0.15) is 0 Å². The number of halogens is 1. The highest BCUT2D eigenvalue weighted by molar-refractivity contribution is 14.1. The fourth-order valence-electron chi connectivity index (χ4n) is 4.19. The Labute approximate surface area is 188 Å². The summed E-state index contributed by atoms with van der Waals surface area (Å²) in [5.74, 6) is 1.43. The van der Waals surface area contributed by atoms with E-state index in [4.69, 9.17) is 14.5 Å². The molecule has 0 aliphatic rings. The normalized spacial score (nSPS) is 11.3. The predicted molar refractivity (Wildman–Crippen MR) is 133 cm³/mol. The van der Waals surface area contributed by atoms with Crippen molar-refractivity contribution in [1.29, 1.82) is 0 Å². The van der Waals surface area contributed by atoms with Crippen molar-refractivity contribution in [2.24, 2.45) is 0 Å². The second-order valence-corrected chi connectivity index (χ2v) is 8.46. The van der Waals surface area contributed by atoms with Crippen LogP contribution in [0.3, 0.4) is 0 Å².